The van der Waals surface area contributed by atoms with Crippen molar-refractivity contribution in [3.05, 3.63) is 12.2 Å². The summed E-state index contributed by atoms with van der Waals surface area (Å²) < 4.78 is 10.7. The molecule has 0 aromatic carbocycles. The van der Waals surface area contributed by atoms with E-state index in [1.807, 2.05) is 6.08 Å². The molecular weight excluding hydrogens is 358 g/mol. The van der Waals surface area contributed by atoms with Gasteiger partial charge < -0.3 is 40.3 Å². The fourth-order valence-electron chi connectivity index (χ4n) is 2.77. The van der Waals surface area contributed by atoms with Crippen LogP contribution in [0.15, 0.2) is 12.2 Å². The summed E-state index contributed by atoms with van der Waals surface area (Å²) in [5.74, 6) is -0.365. The van der Waals surface area contributed by atoms with E-state index >= 15 is 0 Å². The van der Waals surface area contributed by atoms with Crippen LogP contribution in [0.2, 0.25) is 0 Å². The zero-order valence-corrected chi connectivity index (χ0v) is 15.9. The SMILES string of the molecule is CCCCC/C=C/C(O)C(COC1OC(CO)C(O)C(O)C1O)NC(C)=O. The number of hydrogen-bond donors (Lipinski definition) is 6. The Morgan fingerprint density at radius 2 is 1.93 bits per heavy atom. The highest BCUT2D eigenvalue weighted by Gasteiger charge is 2.44. The lowest BCUT2D eigenvalue weighted by Gasteiger charge is -2.40. The number of aliphatic hydroxyl groups is 5. The molecule has 27 heavy (non-hydrogen) atoms. The molecular formula is C18H33NO8. The zero-order valence-electron chi connectivity index (χ0n) is 15.9. The van der Waals surface area contributed by atoms with E-state index in [9.17, 15) is 30.3 Å². The molecule has 0 aromatic heterocycles. The van der Waals surface area contributed by atoms with E-state index in [4.69, 9.17) is 9.47 Å². The number of allylic oxidation sites excluding steroid dienone is 1. The van der Waals surface area contributed by atoms with E-state index < -0.39 is 49.5 Å². The van der Waals surface area contributed by atoms with Crippen molar-refractivity contribution in [1.82, 2.24) is 5.32 Å². The third-order valence-electron chi connectivity index (χ3n) is 4.40. The second kappa shape index (κ2) is 12.4. The molecule has 1 amide bonds. The van der Waals surface area contributed by atoms with Crippen molar-refractivity contribution in [3.8, 4) is 0 Å². The van der Waals surface area contributed by atoms with Gasteiger partial charge in [0.25, 0.3) is 0 Å². The molecule has 0 bridgehead atoms. The van der Waals surface area contributed by atoms with Gasteiger partial charge in [0.05, 0.1) is 25.4 Å². The first kappa shape index (κ1) is 24.0. The molecule has 1 aliphatic rings. The highest BCUT2D eigenvalue weighted by Crippen LogP contribution is 2.22. The largest absolute Gasteiger partial charge is 0.394 e. The summed E-state index contributed by atoms with van der Waals surface area (Å²) in [5, 5.41) is 51.6. The topological polar surface area (TPSA) is 149 Å². The first-order valence-corrected chi connectivity index (χ1v) is 9.35. The van der Waals surface area contributed by atoms with Gasteiger partial charge in [-0.25, -0.2) is 0 Å². The van der Waals surface area contributed by atoms with Crippen molar-refractivity contribution in [2.75, 3.05) is 13.2 Å². The molecule has 1 rings (SSSR count). The Morgan fingerprint density at radius 1 is 1.22 bits per heavy atom. The molecule has 6 N–H and O–H groups in total. The molecule has 0 aromatic rings. The number of amides is 1. The van der Waals surface area contributed by atoms with E-state index in [1.165, 1.54) is 6.92 Å². The van der Waals surface area contributed by atoms with Gasteiger partial charge in [0.1, 0.15) is 24.4 Å². The van der Waals surface area contributed by atoms with Gasteiger partial charge in [-0.3, -0.25) is 4.79 Å². The van der Waals surface area contributed by atoms with E-state index in [1.54, 1.807) is 6.08 Å². The van der Waals surface area contributed by atoms with Crippen LogP contribution < -0.4 is 5.32 Å². The molecule has 9 nitrogen and oxygen atoms in total. The molecule has 1 aliphatic heterocycles. The Kier molecular flexibility index (Phi) is 11.0. The summed E-state index contributed by atoms with van der Waals surface area (Å²) in [4.78, 5) is 11.4. The predicted octanol–water partition coefficient (Wildman–Crippen LogP) is -1.19. The van der Waals surface area contributed by atoms with Gasteiger partial charge in [0.2, 0.25) is 5.91 Å². The minimum Gasteiger partial charge on any atom is -0.394 e. The number of ether oxygens (including phenoxy) is 2. The Balaban J connectivity index is 2.64. The fourth-order valence-corrected chi connectivity index (χ4v) is 2.77. The lowest BCUT2D eigenvalue weighted by atomic mass is 9.99. The van der Waals surface area contributed by atoms with Crippen LogP contribution in [0, 0.1) is 0 Å². The number of nitrogens with one attached hydrogen (secondary N) is 1. The molecule has 0 aliphatic carbocycles. The van der Waals surface area contributed by atoms with Crippen molar-refractivity contribution >= 4 is 5.91 Å². The molecule has 158 valence electrons. The van der Waals surface area contributed by atoms with Crippen molar-refractivity contribution in [2.24, 2.45) is 0 Å². The van der Waals surface area contributed by atoms with Crippen molar-refractivity contribution in [1.29, 1.82) is 0 Å². The summed E-state index contributed by atoms with van der Waals surface area (Å²) in [7, 11) is 0. The van der Waals surface area contributed by atoms with Gasteiger partial charge in [-0.15, -0.1) is 0 Å². The molecule has 1 saturated heterocycles. The summed E-state index contributed by atoms with van der Waals surface area (Å²) >= 11 is 0. The van der Waals surface area contributed by atoms with Crippen LogP contribution in [-0.2, 0) is 14.3 Å². The average Bonchev–Trinajstić information content (AvgIpc) is 2.63. The number of carbonyl (C=O) groups is 1. The normalized spacial score (nSPS) is 31.0. The Morgan fingerprint density at radius 3 is 2.52 bits per heavy atom. The van der Waals surface area contributed by atoms with Crippen LogP contribution in [-0.4, -0.2) is 87.5 Å². The highest BCUT2D eigenvalue weighted by molar-refractivity contribution is 5.73. The van der Waals surface area contributed by atoms with Crippen LogP contribution >= 0.6 is 0 Å². The average molecular weight is 391 g/mol. The Labute approximate surface area is 159 Å². The van der Waals surface area contributed by atoms with E-state index in [0.717, 1.165) is 25.7 Å². The zero-order chi connectivity index (χ0) is 20.4. The van der Waals surface area contributed by atoms with E-state index in [0.29, 0.717) is 0 Å². The second-order valence-corrected chi connectivity index (χ2v) is 6.75. The Hall–Kier alpha value is -1.07. The maximum Gasteiger partial charge on any atom is 0.217 e. The van der Waals surface area contributed by atoms with Crippen molar-refractivity contribution < 1.29 is 39.8 Å². The van der Waals surface area contributed by atoms with E-state index in [2.05, 4.69) is 12.2 Å². The van der Waals surface area contributed by atoms with Crippen LogP contribution in [0.25, 0.3) is 0 Å². The number of hydrogen-bond acceptors (Lipinski definition) is 8. The Bertz CT molecular complexity index is 459. The smallest absolute Gasteiger partial charge is 0.217 e. The first-order valence-electron chi connectivity index (χ1n) is 9.35. The fraction of sp³-hybridized carbons (Fsp3) is 0.833. The van der Waals surface area contributed by atoms with E-state index in [-0.39, 0.29) is 12.5 Å². The lowest BCUT2D eigenvalue weighted by Crippen LogP contribution is -2.60. The predicted molar refractivity (Wildman–Crippen MR) is 96.6 cm³/mol. The molecule has 7 atom stereocenters. The van der Waals surface area contributed by atoms with Gasteiger partial charge >= 0.3 is 0 Å². The van der Waals surface area contributed by atoms with Crippen LogP contribution in [0.4, 0.5) is 0 Å². The monoisotopic (exact) mass is 391 g/mol. The maximum absolute atomic E-state index is 11.4. The minimum absolute atomic E-state index is 0.206. The highest BCUT2D eigenvalue weighted by atomic mass is 16.7. The second-order valence-electron chi connectivity index (χ2n) is 6.75. The maximum atomic E-state index is 11.4. The number of aliphatic hydroxyl groups excluding tert-OH is 5. The summed E-state index contributed by atoms with van der Waals surface area (Å²) in [6, 6.07) is -0.794. The van der Waals surface area contributed by atoms with Gasteiger partial charge in [0.15, 0.2) is 6.29 Å². The van der Waals surface area contributed by atoms with Crippen LogP contribution in [0.1, 0.15) is 39.5 Å². The molecule has 0 spiro atoms. The molecule has 1 fully saturated rings. The molecule has 1 heterocycles. The van der Waals surface area contributed by atoms with Crippen molar-refractivity contribution in [3.63, 3.8) is 0 Å². The minimum atomic E-state index is -1.55. The quantitative estimate of drug-likeness (QED) is 0.190. The molecule has 0 radical (unpaired) electrons. The van der Waals surface area contributed by atoms with Gasteiger partial charge in [-0.2, -0.15) is 0 Å². The van der Waals surface area contributed by atoms with Gasteiger partial charge in [-0.1, -0.05) is 31.9 Å². The molecule has 7 unspecified atom stereocenters. The molecule has 9 heteroatoms. The summed E-state index contributed by atoms with van der Waals surface area (Å²) in [6.07, 6.45) is -0.576. The number of unbranched alkanes of at least 4 members (excludes halogenated alkanes) is 3. The van der Waals surface area contributed by atoms with Crippen molar-refractivity contribution in [2.45, 2.75) is 82.4 Å². The standard InChI is InChI=1S/C18H33NO8/c1-3-4-5-6-7-8-13(22)12(19-11(2)21)10-26-18-17(25)16(24)15(23)14(9-20)27-18/h7-8,12-18,20,22-25H,3-6,9-10H2,1-2H3,(H,19,21)/b8-7+. The van der Waals surface area contributed by atoms with Gasteiger partial charge in [0, 0.05) is 6.92 Å². The first-order chi connectivity index (χ1) is 12.8. The van der Waals surface area contributed by atoms with Gasteiger partial charge in [-0.05, 0) is 12.8 Å². The third kappa shape index (κ3) is 7.82. The summed E-state index contributed by atoms with van der Waals surface area (Å²) in [5.41, 5.74) is 0. The van der Waals surface area contributed by atoms with Crippen LogP contribution in [0.3, 0.4) is 0 Å². The summed E-state index contributed by atoms with van der Waals surface area (Å²) in [6.45, 7) is 2.63. The third-order valence-corrected chi connectivity index (χ3v) is 4.40. The lowest BCUT2D eigenvalue weighted by molar-refractivity contribution is -0.302. The number of carbonyl (C=O) groups excluding carboxylic acids is 1. The molecule has 0 saturated carbocycles. The van der Waals surface area contributed by atoms with Crippen LogP contribution in [0.5, 0.6) is 0 Å². The number of rotatable bonds is 11.